The summed E-state index contributed by atoms with van der Waals surface area (Å²) in [4.78, 5) is 0. The predicted molar refractivity (Wildman–Crippen MR) is 79.1 cm³/mol. The third-order valence-corrected chi connectivity index (χ3v) is 3.36. The number of nitrogen functional groups attached to an aromatic ring is 1. The SMILES string of the molecule is Cc1cc(CNc2cccc(Cl)c2N)cc(C)c1F. The van der Waals surface area contributed by atoms with Gasteiger partial charge in [0.2, 0.25) is 0 Å². The van der Waals surface area contributed by atoms with Gasteiger partial charge in [-0.3, -0.25) is 0 Å². The first-order valence-electron chi connectivity index (χ1n) is 6.02. The first-order chi connectivity index (χ1) is 8.99. The Morgan fingerprint density at radius 2 is 1.84 bits per heavy atom. The van der Waals surface area contributed by atoms with E-state index in [1.165, 1.54) is 0 Å². The molecule has 0 fully saturated rings. The van der Waals surface area contributed by atoms with Crippen molar-refractivity contribution in [3.05, 3.63) is 57.9 Å². The molecule has 0 aliphatic rings. The molecule has 0 amide bonds. The van der Waals surface area contributed by atoms with Crippen molar-refractivity contribution in [2.75, 3.05) is 11.1 Å². The number of anilines is 2. The van der Waals surface area contributed by atoms with Crippen molar-refractivity contribution in [3.8, 4) is 0 Å². The minimum Gasteiger partial charge on any atom is -0.396 e. The van der Waals surface area contributed by atoms with Crippen LogP contribution in [0.1, 0.15) is 16.7 Å². The Labute approximate surface area is 117 Å². The molecule has 2 rings (SSSR count). The van der Waals surface area contributed by atoms with Crippen LogP contribution >= 0.6 is 11.6 Å². The summed E-state index contributed by atoms with van der Waals surface area (Å²) in [5.41, 5.74) is 9.50. The summed E-state index contributed by atoms with van der Waals surface area (Å²) in [5.74, 6) is -0.147. The summed E-state index contributed by atoms with van der Waals surface area (Å²) in [6, 6.07) is 9.10. The largest absolute Gasteiger partial charge is 0.396 e. The Kier molecular flexibility index (Phi) is 3.96. The van der Waals surface area contributed by atoms with Crippen LogP contribution in [0.4, 0.5) is 15.8 Å². The Balaban J connectivity index is 2.17. The number of para-hydroxylation sites is 1. The van der Waals surface area contributed by atoms with Crippen molar-refractivity contribution in [1.82, 2.24) is 0 Å². The van der Waals surface area contributed by atoms with E-state index in [1.54, 1.807) is 19.9 Å². The highest BCUT2D eigenvalue weighted by atomic mass is 35.5. The number of rotatable bonds is 3. The zero-order valence-electron chi connectivity index (χ0n) is 10.9. The second-order valence-electron chi connectivity index (χ2n) is 4.60. The molecule has 0 radical (unpaired) electrons. The highest BCUT2D eigenvalue weighted by Crippen LogP contribution is 2.27. The van der Waals surface area contributed by atoms with Crippen molar-refractivity contribution < 1.29 is 4.39 Å². The average Bonchev–Trinajstić information content (AvgIpc) is 2.37. The van der Waals surface area contributed by atoms with Crippen LogP contribution in [0.3, 0.4) is 0 Å². The van der Waals surface area contributed by atoms with Gasteiger partial charge in [-0.05, 0) is 42.7 Å². The third kappa shape index (κ3) is 2.99. The number of nitrogens with two attached hydrogens (primary N) is 1. The average molecular weight is 279 g/mol. The van der Waals surface area contributed by atoms with Gasteiger partial charge in [0.1, 0.15) is 5.82 Å². The summed E-state index contributed by atoms with van der Waals surface area (Å²) in [6.07, 6.45) is 0. The van der Waals surface area contributed by atoms with E-state index in [2.05, 4.69) is 5.32 Å². The Morgan fingerprint density at radius 1 is 1.21 bits per heavy atom. The molecule has 2 nitrogen and oxygen atoms in total. The van der Waals surface area contributed by atoms with Gasteiger partial charge in [-0.2, -0.15) is 0 Å². The Bertz CT molecular complexity index is 588. The molecule has 4 heteroatoms. The van der Waals surface area contributed by atoms with Crippen LogP contribution in [-0.4, -0.2) is 0 Å². The summed E-state index contributed by atoms with van der Waals surface area (Å²) < 4.78 is 13.5. The summed E-state index contributed by atoms with van der Waals surface area (Å²) in [5, 5.41) is 3.74. The minimum atomic E-state index is -0.147. The fraction of sp³-hybridized carbons (Fsp3) is 0.200. The molecule has 0 aromatic heterocycles. The molecule has 0 bridgehead atoms. The molecule has 0 spiro atoms. The van der Waals surface area contributed by atoms with E-state index in [-0.39, 0.29) is 5.82 Å². The molecule has 0 unspecified atom stereocenters. The Morgan fingerprint density at radius 3 is 2.47 bits per heavy atom. The van der Waals surface area contributed by atoms with Crippen LogP contribution in [0, 0.1) is 19.7 Å². The smallest absolute Gasteiger partial charge is 0.129 e. The number of hydrogen-bond acceptors (Lipinski definition) is 2. The van der Waals surface area contributed by atoms with Gasteiger partial charge in [-0.25, -0.2) is 4.39 Å². The molecule has 0 saturated heterocycles. The maximum Gasteiger partial charge on any atom is 0.129 e. The van der Waals surface area contributed by atoms with Crippen molar-refractivity contribution in [3.63, 3.8) is 0 Å². The van der Waals surface area contributed by atoms with Crippen LogP contribution in [-0.2, 0) is 6.54 Å². The predicted octanol–water partition coefficient (Wildman–Crippen LogP) is 4.29. The number of halogens is 2. The second-order valence-corrected chi connectivity index (χ2v) is 5.01. The second kappa shape index (κ2) is 5.49. The van der Waals surface area contributed by atoms with Crippen molar-refractivity contribution in [2.45, 2.75) is 20.4 Å². The minimum absolute atomic E-state index is 0.147. The zero-order chi connectivity index (χ0) is 14.0. The van der Waals surface area contributed by atoms with E-state index < -0.39 is 0 Å². The van der Waals surface area contributed by atoms with Gasteiger partial charge < -0.3 is 11.1 Å². The summed E-state index contributed by atoms with van der Waals surface area (Å²) in [7, 11) is 0. The lowest BCUT2D eigenvalue weighted by Crippen LogP contribution is -2.04. The lowest BCUT2D eigenvalue weighted by atomic mass is 10.1. The normalized spacial score (nSPS) is 10.5. The van der Waals surface area contributed by atoms with Crippen LogP contribution in [0.2, 0.25) is 5.02 Å². The fourth-order valence-corrected chi connectivity index (χ4v) is 2.20. The van der Waals surface area contributed by atoms with E-state index in [1.807, 2.05) is 24.3 Å². The molecule has 0 atom stereocenters. The summed E-state index contributed by atoms with van der Waals surface area (Å²) in [6.45, 7) is 4.10. The molecule has 0 aliphatic carbocycles. The maximum absolute atomic E-state index is 13.5. The molecular formula is C15H16ClFN2. The highest BCUT2D eigenvalue weighted by molar-refractivity contribution is 6.33. The molecule has 2 aromatic rings. The van der Waals surface area contributed by atoms with Gasteiger partial charge in [0, 0.05) is 6.54 Å². The fourth-order valence-electron chi connectivity index (χ4n) is 2.03. The van der Waals surface area contributed by atoms with Crippen LogP contribution in [0.5, 0.6) is 0 Å². The molecule has 0 saturated carbocycles. The van der Waals surface area contributed by atoms with Gasteiger partial charge in [0.15, 0.2) is 0 Å². The molecule has 0 aliphatic heterocycles. The van der Waals surface area contributed by atoms with Gasteiger partial charge in [0.25, 0.3) is 0 Å². The molecular weight excluding hydrogens is 263 g/mol. The molecule has 19 heavy (non-hydrogen) atoms. The van der Waals surface area contributed by atoms with Crippen molar-refractivity contribution >= 4 is 23.0 Å². The first kappa shape index (κ1) is 13.7. The maximum atomic E-state index is 13.5. The first-order valence-corrected chi connectivity index (χ1v) is 6.40. The molecule has 3 N–H and O–H groups in total. The van der Waals surface area contributed by atoms with Gasteiger partial charge in [-0.1, -0.05) is 29.8 Å². The number of aryl methyl sites for hydroxylation is 2. The van der Waals surface area contributed by atoms with E-state index >= 15 is 0 Å². The Hall–Kier alpha value is -1.74. The van der Waals surface area contributed by atoms with Gasteiger partial charge in [-0.15, -0.1) is 0 Å². The zero-order valence-corrected chi connectivity index (χ0v) is 11.7. The van der Waals surface area contributed by atoms with Gasteiger partial charge in [0.05, 0.1) is 16.4 Å². The third-order valence-electron chi connectivity index (χ3n) is 3.03. The highest BCUT2D eigenvalue weighted by Gasteiger charge is 2.06. The van der Waals surface area contributed by atoms with E-state index in [9.17, 15) is 4.39 Å². The topological polar surface area (TPSA) is 38.0 Å². The molecule has 100 valence electrons. The van der Waals surface area contributed by atoms with E-state index in [4.69, 9.17) is 17.3 Å². The van der Waals surface area contributed by atoms with E-state index in [0.29, 0.717) is 28.4 Å². The van der Waals surface area contributed by atoms with Crippen LogP contribution in [0.15, 0.2) is 30.3 Å². The van der Waals surface area contributed by atoms with Crippen LogP contribution in [0.25, 0.3) is 0 Å². The lowest BCUT2D eigenvalue weighted by molar-refractivity contribution is 0.608. The van der Waals surface area contributed by atoms with Crippen molar-refractivity contribution in [2.24, 2.45) is 0 Å². The monoisotopic (exact) mass is 278 g/mol. The molecule has 0 heterocycles. The number of benzene rings is 2. The number of hydrogen-bond donors (Lipinski definition) is 2. The molecule has 2 aromatic carbocycles. The number of nitrogens with one attached hydrogen (secondary N) is 1. The van der Waals surface area contributed by atoms with E-state index in [0.717, 1.165) is 11.3 Å². The lowest BCUT2D eigenvalue weighted by Gasteiger charge is -2.12. The van der Waals surface area contributed by atoms with Gasteiger partial charge >= 0.3 is 0 Å². The standard InChI is InChI=1S/C15H16ClFN2/c1-9-6-11(7-10(2)14(9)17)8-19-13-5-3-4-12(16)15(13)18/h3-7,19H,8,18H2,1-2H3. The van der Waals surface area contributed by atoms with Crippen molar-refractivity contribution in [1.29, 1.82) is 0 Å². The van der Waals surface area contributed by atoms with Crippen LogP contribution < -0.4 is 11.1 Å². The summed E-state index contributed by atoms with van der Waals surface area (Å²) >= 11 is 5.95. The quantitative estimate of drug-likeness (QED) is 0.822.